The molecule has 7 nitrogen and oxygen atoms in total. The number of benzene rings is 3. The summed E-state index contributed by atoms with van der Waals surface area (Å²) in [5.74, 6) is -0.394. The van der Waals surface area contributed by atoms with Gasteiger partial charge in [0.1, 0.15) is 0 Å². The lowest BCUT2D eigenvalue weighted by Gasteiger charge is -2.09. The molecule has 0 aromatic heterocycles. The number of amides is 2. The third-order valence-corrected chi connectivity index (χ3v) is 4.80. The third kappa shape index (κ3) is 6.24. The minimum absolute atomic E-state index is 0.0147. The van der Waals surface area contributed by atoms with Gasteiger partial charge in [0.2, 0.25) is 0 Å². The van der Waals surface area contributed by atoms with Crippen LogP contribution in [0, 0.1) is 10.1 Å². The molecule has 3 aromatic rings. The van der Waals surface area contributed by atoms with Gasteiger partial charge in [-0.1, -0.05) is 48.5 Å². The van der Waals surface area contributed by atoms with E-state index in [1.807, 2.05) is 18.2 Å². The SMILES string of the molecule is O=C(NCCc1ccc(CCNC(=O)c2ccccc2)c([N+](=O)[O-])c1)c1ccccc1. The number of hydrogen-bond donors (Lipinski definition) is 2. The fourth-order valence-electron chi connectivity index (χ4n) is 3.16. The molecular weight excluding hydrogens is 394 g/mol. The zero-order chi connectivity index (χ0) is 22.1. The molecule has 0 radical (unpaired) electrons. The van der Waals surface area contributed by atoms with E-state index in [0.717, 1.165) is 5.56 Å². The molecule has 2 amide bonds. The molecule has 3 rings (SSSR count). The van der Waals surface area contributed by atoms with E-state index >= 15 is 0 Å². The largest absolute Gasteiger partial charge is 0.352 e. The molecule has 0 atom stereocenters. The van der Waals surface area contributed by atoms with Crippen molar-refractivity contribution in [1.82, 2.24) is 10.6 Å². The molecule has 2 N–H and O–H groups in total. The summed E-state index contributed by atoms with van der Waals surface area (Å²) >= 11 is 0. The number of nitro groups is 1. The highest BCUT2D eigenvalue weighted by Crippen LogP contribution is 2.21. The Hall–Kier alpha value is -4.00. The van der Waals surface area contributed by atoms with E-state index in [0.29, 0.717) is 42.6 Å². The first-order valence-corrected chi connectivity index (χ1v) is 9.97. The highest BCUT2D eigenvalue weighted by Gasteiger charge is 2.15. The summed E-state index contributed by atoms with van der Waals surface area (Å²) in [6.45, 7) is 0.665. The Morgan fingerprint density at radius 3 is 1.77 bits per heavy atom. The zero-order valence-electron chi connectivity index (χ0n) is 16.9. The van der Waals surface area contributed by atoms with Crippen molar-refractivity contribution < 1.29 is 14.5 Å². The normalized spacial score (nSPS) is 10.3. The van der Waals surface area contributed by atoms with Crippen molar-refractivity contribution in [3.8, 4) is 0 Å². The Balaban J connectivity index is 1.54. The van der Waals surface area contributed by atoms with E-state index in [4.69, 9.17) is 0 Å². The van der Waals surface area contributed by atoms with Gasteiger partial charge in [0.25, 0.3) is 17.5 Å². The first kappa shape index (κ1) is 21.7. The smallest absolute Gasteiger partial charge is 0.272 e. The van der Waals surface area contributed by atoms with E-state index in [1.165, 1.54) is 6.07 Å². The first-order valence-electron chi connectivity index (χ1n) is 9.97. The van der Waals surface area contributed by atoms with Gasteiger partial charge >= 0.3 is 0 Å². The maximum absolute atomic E-state index is 12.1. The van der Waals surface area contributed by atoms with Crippen molar-refractivity contribution in [2.24, 2.45) is 0 Å². The van der Waals surface area contributed by atoms with Crippen LogP contribution in [0.5, 0.6) is 0 Å². The van der Waals surface area contributed by atoms with E-state index in [9.17, 15) is 19.7 Å². The molecule has 7 heteroatoms. The molecular formula is C24H23N3O4. The molecule has 0 spiro atoms. The summed E-state index contributed by atoms with van der Waals surface area (Å²) in [4.78, 5) is 35.3. The van der Waals surface area contributed by atoms with Crippen molar-refractivity contribution in [3.05, 3.63) is 111 Å². The zero-order valence-corrected chi connectivity index (χ0v) is 16.9. The highest BCUT2D eigenvalue weighted by atomic mass is 16.6. The van der Waals surface area contributed by atoms with Crippen LogP contribution >= 0.6 is 0 Å². The molecule has 0 unspecified atom stereocenters. The van der Waals surface area contributed by atoms with E-state index < -0.39 is 4.92 Å². The Bertz CT molecular complexity index is 1050. The second-order valence-corrected chi connectivity index (χ2v) is 6.96. The van der Waals surface area contributed by atoms with Crippen LogP contribution in [0.4, 0.5) is 5.69 Å². The second kappa shape index (κ2) is 10.7. The minimum Gasteiger partial charge on any atom is -0.352 e. The van der Waals surface area contributed by atoms with Crippen molar-refractivity contribution in [2.75, 3.05) is 13.1 Å². The summed E-state index contributed by atoms with van der Waals surface area (Å²) in [5, 5.41) is 17.1. The van der Waals surface area contributed by atoms with E-state index in [2.05, 4.69) is 10.6 Å². The van der Waals surface area contributed by atoms with E-state index in [1.54, 1.807) is 54.6 Å². The molecule has 0 fully saturated rings. The predicted octanol–water partition coefficient (Wildman–Crippen LogP) is 3.54. The van der Waals surface area contributed by atoms with Gasteiger partial charge in [0, 0.05) is 35.8 Å². The molecule has 0 aliphatic rings. The summed E-state index contributed by atoms with van der Waals surface area (Å²) in [6.07, 6.45) is 0.824. The molecule has 0 aliphatic carbocycles. The fourth-order valence-corrected chi connectivity index (χ4v) is 3.16. The van der Waals surface area contributed by atoms with Crippen LogP contribution < -0.4 is 10.6 Å². The van der Waals surface area contributed by atoms with Gasteiger partial charge < -0.3 is 10.6 Å². The van der Waals surface area contributed by atoms with Crippen molar-refractivity contribution in [2.45, 2.75) is 12.8 Å². The van der Waals surface area contributed by atoms with Crippen molar-refractivity contribution in [1.29, 1.82) is 0 Å². The third-order valence-electron chi connectivity index (χ3n) is 4.80. The Morgan fingerprint density at radius 2 is 1.26 bits per heavy atom. The van der Waals surface area contributed by atoms with Crippen LogP contribution in [0.25, 0.3) is 0 Å². The maximum Gasteiger partial charge on any atom is 0.272 e. The topological polar surface area (TPSA) is 101 Å². The first-order chi connectivity index (χ1) is 15.0. The lowest BCUT2D eigenvalue weighted by Crippen LogP contribution is -2.26. The summed E-state index contributed by atoms with van der Waals surface area (Å²) in [6, 6.07) is 22.7. The van der Waals surface area contributed by atoms with Crippen LogP contribution in [-0.4, -0.2) is 29.8 Å². The molecule has 3 aromatic carbocycles. The average Bonchev–Trinajstić information content (AvgIpc) is 2.80. The molecule has 0 aliphatic heterocycles. The molecule has 158 valence electrons. The number of rotatable bonds is 9. The molecule has 0 saturated carbocycles. The monoisotopic (exact) mass is 417 g/mol. The number of carbonyl (C=O) groups excluding carboxylic acids is 2. The van der Waals surface area contributed by atoms with Crippen LogP contribution in [0.15, 0.2) is 78.9 Å². The van der Waals surface area contributed by atoms with Gasteiger partial charge in [-0.25, -0.2) is 0 Å². The highest BCUT2D eigenvalue weighted by molar-refractivity contribution is 5.94. The minimum atomic E-state index is -0.416. The lowest BCUT2D eigenvalue weighted by atomic mass is 10.0. The van der Waals surface area contributed by atoms with Gasteiger partial charge in [-0.2, -0.15) is 0 Å². The number of nitro benzene ring substituents is 1. The summed E-state index contributed by atoms with van der Waals surface area (Å²) in [7, 11) is 0. The van der Waals surface area contributed by atoms with Crippen LogP contribution in [0.3, 0.4) is 0 Å². The van der Waals surface area contributed by atoms with Gasteiger partial charge in [-0.3, -0.25) is 19.7 Å². The average molecular weight is 417 g/mol. The summed E-state index contributed by atoms with van der Waals surface area (Å²) < 4.78 is 0. The lowest BCUT2D eigenvalue weighted by molar-refractivity contribution is -0.385. The van der Waals surface area contributed by atoms with Crippen LogP contribution in [-0.2, 0) is 12.8 Å². The van der Waals surface area contributed by atoms with Gasteiger partial charge in [-0.15, -0.1) is 0 Å². The quantitative estimate of drug-likeness (QED) is 0.411. The standard InChI is InChI=1S/C24H23N3O4/c28-23(20-7-3-1-4-8-20)25-15-13-18-11-12-19(22(17-18)27(30)31)14-16-26-24(29)21-9-5-2-6-10-21/h1-12,17H,13-16H2,(H,25,28)(H,26,29). The van der Waals surface area contributed by atoms with Gasteiger partial charge in [-0.05, 0) is 42.7 Å². The molecule has 0 saturated heterocycles. The van der Waals surface area contributed by atoms with Crippen LogP contribution in [0.1, 0.15) is 31.8 Å². The number of carbonyl (C=O) groups is 2. The van der Waals surface area contributed by atoms with Crippen molar-refractivity contribution >= 4 is 17.5 Å². The van der Waals surface area contributed by atoms with E-state index in [-0.39, 0.29) is 17.5 Å². The molecule has 0 bridgehead atoms. The molecule has 31 heavy (non-hydrogen) atoms. The maximum atomic E-state index is 12.1. The number of nitrogens with one attached hydrogen (secondary N) is 2. The number of hydrogen-bond acceptors (Lipinski definition) is 4. The fraction of sp³-hybridized carbons (Fsp3) is 0.167. The van der Waals surface area contributed by atoms with Crippen molar-refractivity contribution in [3.63, 3.8) is 0 Å². The Labute approximate surface area is 180 Å². The second-order valence-electron chi connectivity index (χ2n) is 6.96. The van der Waals surface area contributed by atoms with Gasteiger partial charge in [0.05, 0.1) is 4.92 Å². The Morgan fingerprint density at radius 1 is 0.742 bits per heavy atom. The predicted molar refractivity (Wildman–Crippen MR) is 118 cm³/mol. The number of nitrogens with zero attached hydrogens (tertiary/aromatic N) is 1. The van der Waals surface area contributed by atoms with Crippen LogP contribution in [0.2, 0.25) is 0 Å². The Kier molecular flexibility index (Phi) is 7.48. The summed E-state index contributed by atoms with van der Waals surface area (Å²) in [5.41, 5.74) is 2.44. The van der Waals surface area contributed by atoms with Gasteiger partial charge in [0.15, 0.2) is 0 Å². The molecule has 0 heterocycles.